The zero-order chi connectivity index (χ0) is 12.7. The average Bonchev–Trinajstić information content (AvgIpc) is 2.34. The van der Waals surface area contributed by atoms with E-state index in [-0.39, 0.29) is 0 Å². The summed E-state index contributed by atoms with van der Waals surface area (Å²) in [6.45, 7) is 4.37. The topological polar surface area (TPSA) is 43.1 Å². The fourth-order valence-electron chi connectivity index (χ4n) is 1.86. The Balaban J connectivity index is 2.58. The highest BCUT2D eigenvalue weighted by Crippen LogP contribution is 2.18. The summed E-state index contributed by atoms with van der Waals surface area (Å²) in [5.74, 6) is 1.33. The lowest BCUT2D eigenvalue weighted by atomic mass is 10.0. The Bertz CT molecular complexity index is 365. The van der Waals surface area contributed by atoms with E-state index in [4.69, 9.17) is 5.73 Å². The van der Waals surface area contributed by atoms with Crippen molar-refractivity contribution in [2.75, 3.05) is 11.5 Å². The van der Waals surface area contributed by atoms with E-state index in [0.29, 0.717) is 11.6 Å². The van der Waals surface area contributed by atoms with Crippen molar-refractivity contribution >= 4 is 16.5 Å². The first kappa shape index (κ1) is 14.2. The molecule has 0 aliphatic rings. The molecule has 0 radical (unpaired) electrons. The summed E-state index contributed by atoms with van der Waals surface area (Å²) in [7, 11) is -0.907. The van der Waals surface area contributed by atoms with E-state index in [9.17, 15) is 4.21 Å². The summed E-state index contributed by atoms with van der Waals surface area (Å²) in [6.07, 6.45) is 4.73. The Morgan fingerprint density at radius 2 is 2.12 bits per heavy atom. The Morgan fingerprint density at radius 1 is 1.35 bits per heavy atom. The lowest BCUT2D eigenvalue weighted by Gasteiger charge is -2.13. The normalized spacial score (nSPS) is 14.5. The highest BCUT2D eigenvalue weighted by atomic mass is 32.2. The van der Waals surface area contributed by atoms with Crippen LogP contribution in [0.3, 0.4) is 0 Å². The molecule has 0 amide bonds. The number of anilines is 1. The number of unbranched alkanes of at least 4 members (excludes halogenated alkanes) is 1. The molecule has 0 spiro atoms. The molecule has 0 saturated carbocycles. The second-order valence-corrected chi connectivity index (χ2v) is 6.00. The largest absolute Gasteiger partial charge is 0.399 e. The molecule has 0 heterocycles. The Kier molecular flexibility index (Phi) is 6.27. The molecule has 0 bridgehead atoms. The van der Waals surface area contributed by atoms with Gasteiger partial charge in [0.1, 0.15) is 0 Å². The molecule has 2 nitrogen and oxygen atoms in total. The van der Waals surface area contributed by atoms with Gasteiger partial charge in [-0.2, -0.15) is 0 Å². The third-order valence-corrected chi connectivity index (χ3v) is 4.61. The van der Waals surface area contributed by atoms with Gasteiger partial charge in [-0.1, -0.05) is 39.2 Å². The zero-order valence-corrected chi connectivity index (χ0v) is 11.6. The van der Waals surface area contributed by atoms with Gasteiger partial charge in [-0.05, 0) is 30.5 Å². The van der Waals surface area contributed by atoms with Crippen LogP contribution in [0, 0.1) is 5.92 Å². The number of nitrogens with two attached hydrogens (primary N) is 1. The molecular formula is C14H23NOS. The van der Waals surface area contributed by atoms with Crippen LogP contribution in [-0.4, -0.2) is 9.96 Å². The quantitative estimate of drug-likeness (QED) is 0.755. The fraction of sp³-hybridized carbons (Fsp3) is 0.571. The number of hydrogen-bond donors (Lipinski definition) is 1. The maximum atomic E-state index is 12.2. The predicted molar refractivity (Wildman–Crippen MR) is 75.4 cm³/mol. The Morgan fingerprint density at radius 3 is 2.71 bits per heavy atom. The molecule has 1 aromatic carbocycles. The standard InChI is InChI=1S/C14H23NOS/c1-3-5-7-12(4-2)11-17(16)14-9-6-8-13(15)10-14/h6,8-10,12H,3-5,7,11,15H2,1-2H3. The van der Waals surface area contributed by atoms with Crippen molar-refractivity contribution in [2.45, 2.75) is 44.4 Å². The predicted octanol–water partition coefficient (Wildman–Crippen LogP) is 3.59. The van der Waals surface area contributed by atoms with Crippen LogP contribution in [0.5, 0.6) is 0 Å². The minimum Gasteiger partial charge on any atom is -0.399 e. The zero-order valence-electron chi connectivity index (χ0n) is 10.8. The lowest BCUT2D eigenvalue weighted by molar-refractivity contribution is 0.494. The van der Waals surface area contributed by atoms with Crippen molar-refractivity contribution < 1.29 is 4.21 Å². The maximum Gasteiger partial charge on any atom is 0.0533 e. The summed E-state index contributed by atoms with van der Waals surface area (Å²) >= 11 is 0. The highest BCUT2D eigenvalue weighted by Gasteiger charge is 2.12. The highest BCUT2D eigenvalue weighted by molar-refractivity contribution is 7.85. The van der Waals surface area contributed by atoms with Gasteiger partial charge in [-0.25, -0.2) is 0 Å². The molecule has 96 valence electrons. The summed E-state index contributed by atoms with van der Waals surface area (Å²) in [4.78, 5) is 0.861. The van der Waals surface area contributed by atoms with Gasteiger partial charge in [-0.15, -0.1) is 0 Å². The van der Waals surface area contributed by atoms with Crippen LogP contribution in [0.15, 0.2) is 29.2 Å². The van der Waals surface area contributed by atoms with Crippen molar-refractivity contribution in [3.05, 3.63) is 24.3 Å². The van der Waals surface area contributed by atoms with Gasteiger partial charge in [0.15, 0.2) is 0 Å². The van der Waals surface area contributed by atoms with Crippen molar-refractivity contribution in [2.24, 2.45) is 5.92 Å². The summed E-state index contributed by atoms with van der Waals surface area (Å²) in [6, 6.07) is 7.42. The number of nitrogen functional groups attached to an aromatic ring is 1. The van der Waals surface area contributed by atoms with E-state index >= 15 is 0 Å². The van der Waals surface area contributed by atoms with Crippen LogP contribution in [-0.2, 0) is 10.8 Å². The summed E-state index contributed by atoms with van der Waals surface area (Å²) < 4.78 is 12.2. The van der Waals surface area contributed by atoms with E-state index < -0.39 is 10.8 Å². The van der Waals surface area contributed by atoms with Crippen LogP contribution < -0.4 is 5.73 Å². The maximum absolute atomic E-state index is 12.2. The molecule has 1 aromatic rings. The van der Waals surface area contributed by atoms with Crippen LogP contribution in [0.4, 0.5) is 5.69 Å². The van der Waals surface area contributed by atoms with Gasteiger partial charge in [-0.3, -0.25) is 4.21 Å². The van der Waals surface area contributed by atoms with Crippen LogP contribution >= 0.6 is 0 Å². The van der Waals surface area contributed by atoms with Crippen molar-refractivity contribution in [1.82, 2.24) is 0 Å². The van der Waals surface area contributed by atoms with Crippen molar-refractivity contribution in [1.29, 1.82) is 0 Å². The lowest BCUT2D eigenvalue weighted by Crippen LogP contribution is -2.11. The second kappa shape index (κ2) is 7.49. The first-order valence-corrected chi connectivity index (χ1v) is 7.73. The van der Waals surface area contributed by atoms with Gasteiger partial charge >= 0.3 is 0 Å². The van der Waals surface area contributed by atoms with E-state index in [1.165, 1.54) is 19.3 Å². The van der Waals surface area contributed by atoms with Crippen molar-refractivity contribution in [3.8, 4) is 0 Å². The van der Waals surface area contributed by atoms with Crippen LogP contribution in [0.2, 0.25) is 0 Å². The molecule has 1 rings (SSSR count). The van der Waals surface area contributed by atoms with Gasteiger partial charge in [0, 0.05) is 16.3 Å². The number of benzene rings is 1. The fourth-order valence-corrected chi connectivity index (χ4v) is 3.39. The molecule has 2 N–H and O–H groups in total. The van der Waals surface area contributed by atoms with Gasteiger partial charge < -0.3 is 5.73 Å². The van der Waals surface area contributed by atoms with Crippen LogP contribution in [0.25, 0.3) is 0 Å². The molecule has 0 aliphatic carbocycles. The third kappa shape index (κ3) is 4.90. The van der Waals surface area contributed by atoms with E-state index in [1.54, 1.807) is 0 Å². The molecule has 0 aliphatic heterocycles. The first-order valence-electron chi connectivity index (χ1n) is 6.41. The van der Waals surface area contributed by atoms with Crippen molar-refractivity contribution in [3.63, 3.8) is 0 Å². The minimum absolute atomic E-state index is 0.567. The monoisotopic (exact) mass is 253 g/mol. The minimum atomic E-state index is -0.907. The molecule has 0 saturated heterocycles. The Hall–Kier alpha value is -0.830. The van der Waals surface area contributed by atoms with E-state index in [0.717, 1.165) is 17.1 Å². The second-order valence-electron chi connectivity index (χ2n) is 4.50. The van der Waals surface area contributed by atoms with Gasteiger partial charge in [0.2, 0.25) is 0 Å². The molecule has 0 aromatic heterocycles. The molecule has 3 heteroatoms. The SMILES string of the molecule is CCCCC(CC)CS(=O)c1cccc(N)c1. The van der Waals surface area contributed by atoms with Gasteiger partial charge in [0.25, 0.3) is 0 Å². The third-order valence-electron chi connectivity index (χ3n) is 3.05. The first-order chi connectivity index (χ1) is 8.17. The molecule has 2 unspecified atom stereocenters. The molecule has 17 heavy (non-hydrogen) atoms. The van der Waals surface area contributed by atoms with Gasteiger partial charge in [0.05, 0.1) is 10.8 Å². The van der Waals surface area contributed by atoms with E-state index in [2.05, 4.69) is 13.8 Å². The number of hydrogen-bond acceptors (Lipinski definition) is 2. The average molecular weight is 253 g/mol. The molecule has 2 atom stereocenters. The summed E-state index contributed by atoms with van der Waals surface area (Å²) in [5, 5.41) is 0. The molecule has 0 fully saturated rings. The van der Waals surface area contributed by atoms with Crippen LogP contribution in [0.1, 0.15) is 39.5 Å². The number of rotatable bonds is 7. The Labute approximate surface area is 107 Å². The van der Waals surface area contributed by atoms with E-state index in [1.807, 2.05) is 24.3 Å². The smallest absolute Gasteiger partial charge is 0.0533 e. The summed E-state index contributed by atoms with van der Waals surface area (Å²) in [5.41, 5.74) is 6.40. The molecular weight excluding hydrogens is 230 g/mol.